The number of ether oxygens (including phenoxy) is 2. The predicted molar refractivity (Wildman–Crippen MR) is 83.5 cm³/mol. The van der Waals surface area contributed by atoms with Crippen molar-refractivity contribution in [1.29, 1.82) is 0 Å². The molecule has 1 aromatic carbocycles. The Labute approximate surface area is 127 Å². The minimum Gasteiger partial charge on any atom is -0.492 e. The first kappa shape index (κ1) is 14.8. The van der Waals surface area contributed by atoms with Crippen molar-refractivity contribution in [3.8, 4) is 5.75 Å². The van der Waals surface area contributed by atoms with Crippen LogP contribution < -0.4 is 10.5 Å². The number of hydrogen-bond acceptors (Lipinski definition) is 4. The molecule has 0 aromatic heterocycles. The quantitative estimate of drug-likeness (QED) is 0.924. The fourth-order valence-electron chi connectivity index (χ4n) is 3.39. The number of likely N-dealkylation sites (tertiary alicyclic amines) is 1. The number of hydrogen-bond donors (Lipinski definition) is 1. The molecule has 0 bridgehead atoms. The monoisotopic (exact) mass is 290 g/mol. The lowest BCUT2D eigenvalue weighted by Crippen LogP contribution is -2.53. The van der Waals surface area contributed by atoms with E-state index in [4.69, 9.17) is 15.2 Å². The molecule has 21 heavy (non-hydrogen) atoms. The lowest BCUT2D eigenvalue weighted by atomic mass is 9.94. The highest BCUT2D eigenvalue weighted by atomic mass is 16.5. The second-order valence-corrected chi connectivity index (χ2v) is 6.07. The van der Waals surface area contributed by atoms with Gasteiger partial charge in [0, 0.05) is 18.7 Å². The summed E-state index contributed by atoms with van der Waals surface area (Å²) in [5, 5.41) is 0. The Morgan fingerprint density at radius 1 is 1.38 bits per heavy atom. The maximum Gasteiger partial charge on any atom is 0.124 e. The standard InChI is InChI=1S/C17H26N2O2/c1-2-10-20-13-6-5-9-19(11-13)15-12-21-16-8-4-3-7-14(16)17(15)18/h3-4,7-8,13,15,17H,2,5-6,9-12,18H2,1H3. The van der Waals surface area contributed by atoms with E-state index in [1.807, 2.05) is 18.2 Å². The smallest absolute Gasteiger partial charge is 0.124 e. The summed E-state index contributed by atoms with van der Waals surface area (Å²) in [6, 6.07) is 8.42. The topological polar surface area (TPSA) is 47.7 Å². The molecule has 2 aliphatic rings. The van der Waals surface area contributed by atoms with Gasteiger partial charge in [0.15, 0.2) is 0 Å². The van der Waals surface area contributed by atoms with E-state index in [2.05, 4.69) is 17.9 Å². The largest absolute Gasteiger partial charge is 0.492 e. The molecular formula is C17H26N2O2. The summed E-state index contributed by atoms with van der Waals surface area (Å²) in [5.41, 5.74) is 7.63. The molecule has 3 rings (SSSR count). The van der Waals surface area contributed by atoms with Gasteiger partial charge < -0.3 is 15.2 Å². The second kappa shape index (κ2) is 6.77. The van der Waals surface area contributed by atoms with Crippen molar-refractivity contribution in [1.82, 2.24) is 4.90 Å². The molecule has 4 heteroatoms. The minimum atomic E-state index is 0.0277. The van der Waals surface area contributed by atoms with Crippen LogP contribution in [-0.2, 0) is 4.74 Å². The van der Waals surface area contributed by atoms with Gasteiger partial charge >= 0.3 is 0 Å². The normalized spacial score (nSPS) is 29.7. The molecule has 4 nitrogen and oxygen atoms in total. The van der Waals surface area contributed by atoms with Crippen molar-refractivity contribution >= 4 is 0 Å². The van der Waals surface area contributed by atoms with E-state index < -0.39 is 0 Å². The molecule has 0 radical (unpaired) electrons. The maximum absolute atomic E-state index is 6.50. The van der Waals surface area contributed by atoms with Gasteiger partial charge in [-0.2, -0.15) is 0 Å². The van der Waals surface area contributed by atoms with Crippen molar-refractivity contribution in [3.05, 3.63) is 29.8 Å². The van der Waals surface area contributed by atoms with Crippen molar-refractivity contribution in [2.24, 2.45) is 5.73 Å². The number of fused-ring (bicyclic) bond motifs is 1. The van der Waals surface area contributed by atoms with Crippen LogP contribution >= 0.6 is 0 Å². The summed E-state index contributed by atoms with van der Waals surface area (Å²) >= 11 is 0. The first-order chi connectivity index (χ1) is 10.3. The van der Waals surface area contributed by atoms with Crippen molar-refractivity contribution in [3.63, 3.8) is 0 Å². The summed E-state index contributed by atoms with van der Waals surface area (Å²) in [7, 11) is 0. The summed E-state index contributed by atoms with van der Waals surface area (Å²) in [4.78, 5) is 2.46. The summed E-state index contributed by atoms with van der Waals surface area (Å²) in [6.45, 7) is 5.76. The zero-order chi connectivity index (χ0) is 14.7. The van der Waals surface area contributed by atoms with Gasteiger partial charge in [0.2, 0.25) is 0 Å². The summed E-state index contributed by atoms with van der Waals surface area (Å²) in [5.74, 6) is 0.942. The number of nitrogens with zero attached hydrogens (tertiary/aromatic N) is 1. The summed E-state index contributed by atoms with van der Waals surface area (Å²) < 4.78 is 11.8. The van der Waals surface area contributed by atoms with E-state index in [0.717, 1.165) is 43.9 Å². The number of nitrogens with two attached hydrogens (primary N) is 1. The molecule has 3 atom stereocenters. The third kappa shape index (κ3) is 3.23. The van der Waals surface area contributed by atoms with Crippen LogP contribution in [0, 0.1) is 0 Å². The molecule has 1 aromatic rings. The molecule has 1 fully saturated rings. The number of benzene rings is 1. The molecule has 0 spiro atoms. The Kier molecular flexibility index (Phi) is 4.78. The highest BCUT2D eigenvalue weighted by Crippen LogP contribution is 2.33. The van der Waals surface area contributed by atoms with Crippen LogP contribution in [-0.4, -0.2) is 43.3 Å². The molecule has 0 saturated carbocycles. The molecule has 116 valence electrons. The van der Waals surface area contributed by atoms with Gasteiger partial charge in [-0.1, -0.05) is 25.1 Å². The number of para-hydroxylation sites is 1. The van der Waals surface area contributed by atoms with Gasteiger partial charge in [0.25, 0.3) is 0 Å². The lowest BCUT2D eigenvalue weighted by molar-refractivity contribution is -0.0255. The van der Waals surface area contributed by atoms with Crippen LogP contribution in [0.3, 0.4) is 0 Å². The van der Waals surface area contributed by atoms with E-state index in [1.54, 1.807) is 0 Å². The first-order valence-corrected chi connectivity index (χ1v) is 8.12. The summed E-state index contributed by atoms with van der Waals surface area (Å²) in [6.07, 6.45) is 3.77. The molecule has 0 aliphatic carbocycles. The zero-order valence-corrected chi connectivity index (χ0v) is 12.8. The molecule has 0 amide bonds. The third-order valence-corrected chi connectivity index (χ3v) is 4.54. The Hall–Kier alpha value is -1.10. The van der Waals surface area contributed by atoms with Gasteiger partial charge in [-0.3, -0.25) is 4.90 Å². The Bertz CT molecular complexity index is 466. The Morgan fingerprint density at radius 2 is 2.24 bits per heavy atom. The molecule has 2 N–H and O–H groups in total. The van der Waals surface area contributed by atoms with E-state index in [1.165, 1.54) is 6.42 Å². The van der Waals surface area contributed by atoms with Crippen LogP contribution in [0.5, 0.6) is 5.75 Å². The molecule has 3 unspecified atom stereocenters. The van der Waals surface area contributed by atoms with Crippen LogP contribution in [0.15, 0.2) is 24.3 Å². The highest BCUT2D eigenvalue weighted by Gasteiger charge is 2.35. The van der Waals surface area contributed by atoms with Gasteiger partial charge in [0.1, 0.15) is 12.4 Å². The van der Waals surface area contributed by atoms with Crippen molar-refractivity contribution in [2.45, 2.75) is 44.4 Å². The van der Waals surface area contributed by atoms with Crippen LogP contribution in [0.2, 0.25) is 0 Å². The molecular weight excluding hydrogens is 264 g/mol. The molecule has 2 heterocycles. The maximum atomic E-state index is 6.50. The van der Waals surface area contributed by atoms with Crippen LogP contribution in [0.4, 0.5) is 0 Å². The minimum absolute atomic E-state index is 0.0277. The van der Waals surface area contributed by atoms with E-state index in [-0.39, 0.29) is 12.1 Å². The predicted octanol–water partition coefficient (Wildman–Crippen LogP) is 2.34. The SMILES string of the molecule is CCCOC1CCCN(C2COc3ccccc3C2N)C1. The molecule has 2 aliphatic heterocycles. The van der Waals surface area contributed by atoms with Gasteiger partial charge in [-0.05, 0) is 31.9 Å². The fourth-order valence-corrected chi connectivity index (χ4v) is 3.39. The highest BCUT2D eigenvalue weighted by molar-refractivity contribution is 5.38. The van der Waals surface area contributed by atoms with Gasteiger partial charge in [-0.15, -0.1) is 0 Å². The van der Waals surface area contributed by atoms with E-state index in [0.29, 0.717) is 12.7 Å². The lowest BCUT2D eigenvalue weighted by Gasteiger charge is -2.42. The Balaban J connectivity index is 1.67. The van der Waals surface area contributed by atoms with Gasteiger partial charge in [0.05, 0.1) is 18.2 Å². The van der Waals surface area contributed by atoms with Crippen molar-refractivity contribution in [2.75, 3.05) is 26.3 Å². The van der Waals surface area contributed by atoms with E-state index >= 15 is 0 Å². The van der Waals surface area contributed by atoms with Gasteiger partial charge in [-0.25, -0.2) is 0 Å². The zero-order valence-electron chi connectivity index (χ0n) is 12.8. The average Bonchev–Trinajstić information content (AvgIpc) is 2.54. The Morgan fingerprint density at radius 3 is 3.10 bits per heavy atom. The van der Waals surface area contributed by atoms with E-state index in [9.17, 15) is 0 Å². The number of piperidine rings is 1. The fraction of sp³-hybridized carbons (Fsp3) is 0.647. The average molecular weight is 290 g/mol. The number of rotatable bonds is 4. The second-order valence-electron chi connectivity index (χ2n) is 6.07. The third-order valence-electron chi connectivity index (χ3n) is 4.54. The molecule has 1 saturated heterocycles. The van der Waals surface area contributed by atoms with Crippen LogP contribution in [0.25, 0.3) is 0 Å². The van der Waals surface area contributed by atoms with Crippen molar-refractivity contribution < 1.29 is 9.47 Å². The first-order valence-electron chi connectivity index (χ1n) is 8.12. The van der Waals surface area contributed by atoms with Crippen LogP contribution in [0.1, 0.15) is 37.8 Å².